The summed E-state index contributed by atoms with van der Waals surface area (Å²) >= 11 is 0. The first-order valence-corrected chi connectivity index (χ1v) is 16.2. The third-order valence-corrected chi connectivity index (χ3v) is 10.5. The molecule has 5 rings (SSSR count). The molecule has 7 unspecified atom stereocenters. The number of methoxy groups -OCH3 is 2. The summed E-state index contributed by atoms with van der Waals surface area (Å²) in [6.45, 7) is 5.21. The average Bonchev–Trinajstić information content (AvgIpc) is 3.56. The van der Waals surface area contributed by atoms with E-state index in [4.69, 9.17) is 23.7 Å². The molecule has 10 nitrogen and oxygen atoms in total. The van der Waals surface area contributed by atoms with E-state index in [1.165, 1.54) is 0 Å². The molecule has 10 heteroatoms. The van der Waals surface area contributed by atoms with Crippen LogP contribution in [0.3, 0.4) is 0 Å². The lowest BCUT2D eigenvalue weighted by Crippen LogP contribution is -2.59. The molecule has 0 spiro atoms. The van der Waals surface area contributed by atoms with E-state index in [2.05, 4.69) is 18.2 Å². The summed E-state index contributed by atoms with van der Waals surface area (Å²) in [5.74, 6) is -0.908. The Bertz CT molecular complexity index is 1120. The molecule has 0 aromatic rings. The summed E-state index contributed by atoms with van der Waals surface area (Å²) < 4.78 is 29.6. The van der Waals surface area contributed by atoms with E-state index in [0.717, 1.165) is 12.8 Å². The Morgan fingerprint density at radius 3 is 2.48 bits per heavy atom. The number of aliphatic hydroxyl groups is 3. The van der Waals surface area contributed by atoms with Crippen LogP contribution < -0.4 is 0 Å². The molecule has 3 aliphatic carbocycles. The molecule has 0 bridgehead atoms. The number of ether oxygens (including phenoxy) is 5. The van der Waals surface area contributed by atoms with E-state index in [9.17, 15) is 24.9 Å². The molecule has 0 amide bonds. The summed E-state index contributed by atoms with van der Waals surface area (Å²) in [6.07, 6.45) is 7.64. The standard InChI is InChI=1S/C34H50O10/c1-17(35)9-11-21-7-6-8-28(36)18(2)30(38)27-15-25-23(26(27)16-29(37)43-21)12-10-20-13-22(14-24(20)25)44-34-33(41-5)32(40-4)31(39)19(3)42-34/h9-12,15,17-26,28,31-36,39H,6-8,13-14,16H2,1-5H3/b11-9+/t17?,18-,19+,20?,21-,22-,23?,24?,25?,26?,28+,31+,32-,33?,34+/m1/s1. The number of hydrogen-bond acceptors (Lipinski definition) is 10. The number of esters is 1. The second kappa shape index (κ2) is 14.2. The minimum Gasteiger partial charge on any atom is -0.458 e. The number of fused-ring (bicyclic) bond motifs is 5. The molecule has 2 saturated heterocycles. The quantitative estimate of drug-likeness (QED) is 0.301. The lowest BCUT2D eigenvalue weighted by molar-refractivity contribution is -0.311. The van der Waals surface area contributed by atoms with Crippen LogP contribution in [0.25, 0.3) is 0 Å². The van der Waals surface area contributed by atoms with Crippen molar-refractivity contribution in [2.75, 3.05) is 14.2 Å². The number of carbonyl (C=O) groups is 2. The Morgan fingerprint density at radius 2 is 1.77 bits per heavy atom. The number of rotatable bonds is 6. The molecule has 2 aliphatic heterocycles. The highest BCUT2D eigenvalue weighted by molar-refractivity contribution is 5.99. The maximum atomic E-state index is 13.8. The number of Topliss-reactive ketones (excluding diaryl/α,β-unsaturated/α-hetero) is 1. The Kier molecular flexibility index (Phi) is 10.8. The molecule has 15 atom stereocenters. The first kappa shape index (κ1) is 33.4. The highest BCUT2D eigenvalue weighted by Crippen LogP contribution is 2.54. The van der Waals surface area contributed by atoms with Crippen molar-refractivity contribution in [1.29, 1.82) is 0 Å². The second-order valence-corrected chi connectivity index (χ2v) is 13.4. The maximum Gasteiger partial charge on any atom is 0.307 e. The predicted molar refractivity (Wildman–Crippen MR) is 160 cm³/mol. The minimum atomic E-state index is -0.835. The van der Waals surface area contributed by atoms with Crippen molar-refractivity contribution >= 4 is 11.8 Å². The van der Waals surface area contributed by atoms with Crippen LogP contribution in [-0.2, 0) is 33.3 Å². The van der Waals surface area contributed by atoms with Crippen LogP contribution in [-0.4, -0.2) is 96.4 Å². The highest BCUT2D eigenvalue weighted by Gasteiger charge is 2.52. The van der Waals surface area contributed by atoms with Crippen molar-refractivity contribution in [2.24, 2.45) is 35.5 Å². The van der Waals surface area contributed by atoms with Gasteiger partial charge in [0.25, 0.3) is 0 Å². The van der Waals surface area contributed by atoms with Crippen molar-refractivity contribution in [3.8, 4) is 0 Å². The van der Waals surface area contributed by atoms with Gasteiger partial charge >= 0.3 is 5.97 Å². The SMILES string of the molecule is COC1[C@H](O[C@@H]2CC3C=CC4C5CC(=O)O[C@@H](/C=C/C(C)O)CCC[C@H](O)[C@@H](C)C(=O)C5=CC4C3C2)O[C@@H](C)[C@H](O)[C@H]1OC. The van der Waals surface area contributed by atoms with Gasteiger partial charge in [0.15, 0.2) is 12.1 Å². The molecule has 0 aromatic carbocycles. The van der Waals surface area contributed by atoms with Crippen LogP contribution in [0.15, 0.2) is 36.0 Å². The van der Waals surface area contributed by atoms with Crippen molar-refractivity contribution in [3.63, 3.8) is 0 Å². The van der Waals surface area contributed by atoms with E-state index in [-0.39, 0.29) is 53.9 Å². The molecule has 1 saturated carbocycles. The summed E-state index contributed by atoms with van der Waals surface area (Å²) in [7, 11) is 3.09. The molecule has 0 radical (unpaired) electrons. The lowest BCUT2D eigenvalue weighted by Gasteiger charge is -2.43. The molecule has 44 heavy (non-hydrogen) atoms. The largest absolute Gasteiger partial charge is 0.458 e. The van der Waals surface area contributed by atoms with Gasteiger partial charge in [-0.2, -0.15) is 0 Å². The van der Waals surface area contributed by atoms with Crippen LogP contribution in [0, 0.1) is 35.5 Å². The van der Waals surface area contributed by atoms with Gasteiger partial charge in [-0.1, -0.05) is 31.2 Å². The predicted octanol–water partition coefficient (Wildman–Crippen LogP) is 2.88. The molecule has 0 aromatic heterocycles. The molecular formula is C34H50O10. The number of carbonyl (C=O) groups excluding carboxylic acids is 2. The number of cyclic esters (lactones) is 1. The molecule has 246 valence electrons. The zero-order valence-corrected chi connectivity index (χ0v) is 26.5. The van der Waals surface area contributed by atoms with Crippen molar-refractivity contribution < 1.29 is 48.6 Å². The second-order valence-electron chi connectivity index (χ2n) is 13.4. The zero-order chi connectivity index (χ0) is 31.7. The van der Waals surface area contributed by atoms with E-state index >= 15 is 0 Å². The smallest absolute Gasteiger partial charge is 0.307 e. The number of ketones is 1. The van der Waals surface area contributed by atoms with Gasteiger partial charge in [0, 0.05) is 26.1 Å². The fraction of sp³-hybridized carbons (Fsp3) is 0.765. The molecule has 3 N–H and O–H groups in total. The van der Waals surface area contributed by atoms with Crippen molar-refractivity contribution in [3.05, 3.63) is 36.0 Å². The monoisotopic (exact) mass is 618 g/mol. The van der Waals surface area contributed by atoms with E-state index in [1.807, 2.05) is 0 Å². The van der Waals surface area contributed by atoms with Crippen LogP contribution >= 0.6 is 0 Å². The summed E-state index contributed by atoms with van der Waals surface area (Å²) in [5.41, 5.74) is 0.621. The van der Waals surface area contributed by atoms with Gasteiger partial charge in [-0.15, -0.1) is 0 Å². The molecule has 5 aliphatic rings. The summed E-state index contributed by atoms with van der Waals surface area (Å²) in [6, 6.07) is 0. The van der Waals surface area contributed by atoms with Gasteiger partial charge in [0.2, 0.25) is 0 Å². The van der Waals surface area contributed by atoms with Crippen LogP contribution in [0.1, 0.15) is 59.3 Å². The van der Waals surface area contributed by atoms with Gasteiger partial charge in [-0.25, -0.2) is 0 Å². The van der Waals surface area contributed by atoms with Crippen LogP contribution in [0.5, 0.6) is 0 Å². The number of hydrogen-bond donors (Lipinski definition) is 3. The Hall–Kier alpha value is -1.92. The normalized spacial score (nSPS) is 45.5. The average molecular weight is 619 g/mol. The first-order valence-electron chi connectivity index (χ1n) is 16.2. The topological polar surface area (TPSA) is 141 Å². The van der Waals surface area contributed by atoms with Crippen molar-refractivity contribution in [2.45, 2.75) is 114 Å². The fourth-order valence-corrected chi connectivity index (χ4v) is 8.09. The molecule has 2 heterocycles. The van der Waals surface area contributed by atoms with Gasteiger partial charge in [0.1, 0.15) is 24.4 Å². The van der Waals surface area contributed by atoms with Gasteiger partial charge in [0.05, 0.1) is 30.8 Å². The first-order chi connectivity index (χ1) is 21.0. The van der Waals surface area contributed by atoms with Crippen LogP contribution in [0.2, 0.25) is 0 Å². The Labute approximate surface area is 260 Å². The van der Waals surface area contributed by atoms with E-state index in [1.54, 1.807) is 47.1 Å². The maximum absolute atomic E-state index is 13.8. The fourth-order valence-electron chi connectivity index (χ4n) is 8.09. The van der Waals surface area contributed by atoms with Gasteiger partial charge in [-0.05, 0) is 81.3 Å². The Balaban J connectivity index is 1.34. The third kappa shape index (κ3) is 6.92. The molecular weight excluding hydrogens is 568 g/mol. The third-order valence-electron chi connectivity index (χ3n) is 10.5. The van der Waals surface area contributed by atoms with Crippen molar-refractivity contribution in [1.82, 2.24) is 0 Å². The highest BCUT2D eigenvalue weighted by atomic mass is 16.7. The number of aliphatic hydroxyl groups excluding tert-OH is 3. The molecule has 3 fully saturated rings. The number of allylic oxidation sites excluding steroid dienone is 4. The van der Waals surface area contributed by atoms with E-state index in [0.29, 0.717) is 24.8 Å². The zero-order valence-electron chi connectivity index (χ0n) is 26.5. The van der Waals surface area contributed by atoms with Gasteiger partial charge < -0.3 is 39.0 Å². The minimum absolute atomic E-state index is 0.0362. The van der Waals surface area contributed by atoms with Crippen LogP contribution in [0.4, 0.5) is 0 Å². The summed E-state index contributed by atoms with van der Waals surface area (Å²) in [4.78, 5) is 27.1. The lowest BCUT2D eigenvalue weighted by atomic mass is 9.70. The Morgan fingerprint density at radius 1 is 1.02 bits per heavy atom. The summed E-state index contributed by atoms with van der Waals surface area (Å²) in [5, 5.41) is 31.2. The van der Waals surface area contributed by atoms with Gasteiger partial charge in [-0.3, -0.25) is 9.59 Å². The van der Waals surface area contributed by atoms with E-state index < -0.39 is 54.9 Å².